The Balaban J connectivity index is 4.49. The molecule has 0 unspecified atom stereocenters. The van der Waals surface area contributed by atoms with Crippen molar-refractivity contribution >= 4 is 11.6 Å². The lowest BCUT2D eigenvalue weighted by Crippen LogP contribution is -2.49. The van der Waals surface area contributed by atoms with Crippen molar-refractivity contribution in [2.75, 3.05) is 0 Å². The van der Waals surface area contributed by atoms with Gasteiger partial charge in [-0.05, 0) is 6.92 Å². The molecule has 0 amide bonds. The van der Waals surface area contributed by atoms with E-state index in [1.165, 1.54) is 6.92 Å². The topological polar surface area (TPSA) is 115 Å². The third-order valence-corrected chi connectivity index (χ3v) is 2.09. The number of aliphatic hydroxyl groups is 4. The normalized spacial score (nSPS) is 19.1. The first-order valence-corrected chi connectivity index (χ1v) is 4.58. The summed E-state index contributed by atoms with van der Waals surface area (Å²) in [5.41, 5.74) is 0. The van der Waals surface area contributed by atoms with Gasteiger partial charge in [-0.15, -0.1) is 0 Å². The third-order valence-electron chi connectivity index (χ3n) is 2.09. The highest BCUT2D eigenvalue weighted by Gasteiger charge is 2.35. The largest absolute Gasteiger partial charge is 0.387 e. The fourth-order valence-electron chi connectivity index (χ4n) is 1.01. The van der Waals surface area contributed by atoms with E-state index in [0.29, 0.717) is 0 Å². The molecule has 0 radical (unpaired) electrons. The molecule has 0 aromatic carbocycles. The van der Waals surface area contributed by atoms with Crippen molar-refractivity contribution in [3.63, 3.8) is 0 Å². The molecule has 0 spiro atoms. The van der Waals surface area contributed by atoms with Gasteiger partial charge in [-0.1, -0.05) is 6.92 Å². The summed E-state index contributed by atoms with van der Waals surface area (Å²) in [5.74, 6) is -1.42. The maximum Gasteiger partial charge on any atom is 0.163 e. The summed E-state index contributed by atoms with van der Waals surface area (Å²) >= 11 is 0. The molecule has 6 heteroatoms. The van der Waals surface area contributed by atoms with Crippen LogP contribution in [-0.4, -0.2) is 56.4 Å². The summed E-state index contributed by atoms with van der Waals surface area (Å²) in [6, 6.07) is 0. The SMILES string of the molecule is CCC(=O)[C@@H](O)[C@@H](O)[C@H](O)[C@@H](O)C(C)=O. The van der Waals surface area contributed by atoms with E-state index in [0.717, 1.165) is 6.92 Å². The highest BCUT2D eigenvalue weighted by Crippen LogP contribution is 2.08. The number of aliphatic hydroxyl groups excluding tert-OH is 4. The molecule has 0 aromatic heterocycles. The fraction of sp³-hybridized carbons (Fsp3) is 0.778. The first-order chi connectivity index (χ1) is 6.82. The summed E-state index contributed by atoms with van der Waals surface area (Å²) in [6.45, 7) is 2.50. The zero-order chi connectivity index (χ0) is 12.2. The molecule has 0 rings (SSSR count). The first-order valence-electron chi connectivity index (χ1n) is 4.58. The van der Waals surface area contributed by atoms with E-state index in [1.807, 2.05) is 0 Å². The standard InChI is InChI=1S/C9H16O6/c1-3-5(11)7(13)9(15)8(14)6(12)4(2)10/h6-9,12-15H,3H2,1-2H3/t6-,7+,8+,9+/m0/s1. The number of carbonyl (C=O) groups excluding carboxylic acids is 2. The fourth-order valence-corrected chi connectivity index (χ4v) is 1.01. The van der Waals surface area contributed by atoms with E-state index in [2.05, 4.69) is 0 Å². The maximum absolute atomic E-state index is 11.0. The molecule has 0 aromatic rings. The van der Waals surface area contributed by atoms with Crippen LogP contribution in [0.25, 0.3) is 0 Å². The van der Waals surface area contributed by atoms with Gasteiger partial charge < -0.3 is 20.4 Å². The second kappa shape index (κ2) is 5.92. The van der Waals surface area contributed by atoms with Crippen molar-refractivity contribution in [3.8, 4) is 0 Å². The molecule has 0 aliphatic rings. The van der Waals surface area contributed by atoms with E-state index in [1.54, 1.807) is 0 Å². The van der Waals surface area contributed by atoms with Crippen molar-refractivity contribution in [1.82, 2.24) is 0 Å². The summed E-state index contributed by atoms with van der Waals surface area (Å²) in [6.07, 6.45) is -7.34. The molecule has 0 heterocycles. The van der Waals surface area contributed by atoms with Gasteiger partial charge in [0.2, 0.25) is 0 Å². The Morgan fingerprint density at radius 3 is 1.73 bits per heavy atom. The Labute approximate surface area is 87.2 Å². The van der Waals surface area contributed by atoms with E-state index in [-0.39, 0.29) is 6.42 Å². The Hall–Kier alpha value is -0.820. The van der Waals surface area contributed by atoms with Gasteiger partial charge in [0.15, 0.2) is 11.6 Å². The van der Waals surface area contributed by atoms with Crippen LogP contribution in [-0.2, 0) is 9.59 Å². The smallest absolute Gasteiger partial charge is 0.163 e. The van der Waals surface area contributed by atoms with Gasteiger partial charge in [-0.2, -0.15) is 0 Å². The van der Waals surface area contributed by atoms with Crippen molar-refractivity contribution in [2.24, 2.45) is 0 Å². The van der Waals surface area contributed by atoms with Gasteiger partial charge >= 0.3 is 0 Å². The van der Waals surface area contributed by atoms with Gasteiger partial charge in [0.25, 0.3) is 0 Å². The molecule has 0 fully saturated rings. The molecule has 4 N–H and O–H groups in total. The minimum atomic E-state index is -1.87. The highest BCUT2D eigenvalue weighted by atomic mass is 16.4. The van der Waals surface area contributed by atoms with Gasteiger partial charge in [-0.25, -0.2) is 0 Å². The molecule has 0 saturated heterocycles. The number of Topliss-reactive ketones (excluding diaryl/α,β-unsaturated/α-hetero) is 2. The average molecular weight is 220 g/mol. The van der Waals surface area contributed by atoms with E-state index in [4.69, 9.17) is 5.11 Å². The minimum Gasteiger partial charge on any atom is -0.387 e. The maximum atomic E-state index is 11.0. The second-order valence-electron chi connectivity index (χ2n) is 3.30. The zero-order valence-electron chi connectivity index (χ0n) is 8.62. The van der Waals surface area contributed by atoms with Crippen LogP contribution in [0.3, 0.4) is 0 Å². The van der Waals surface area contributed by atoms with Crippen LogP contribution in [0.1, 0.15) is 20.3 Å². The van der Waals surface area contributed by atoms with Gasteiger partial charge in [0.05, 0.1) is 0 Å². The number of ketones is 2. The van der Waals surface area contributed by atoms with Crippen LogP contribution < -0.4 is 0 Å². The lowest BCUT2D eigenvalue weighted by molar-refractivity contribution is -0.152. The summed E-state index contributed by atoms with van der Waals surface area (Å²) in [5, 5.41) is 36.8. The van der Waals surface area contributed by atoms with E-state index < -0.39 is 36.0 Å². The minimum absolute atomic E-state index is 0.0128. The van der Waals surface area contributed by atoms with Crippen LogP contribution in [0.5, 0.6) is 0 Å². The van der Waals surface area contributed by atoms with Crippen molar-refractivity contribution in [1.29, 1.82) is 0 Å². The van der Waals surface area contributed by atoms with Gasteiger partial charge in [0, 0.05) is 6.42 Å². The summed E-state index contributed by atoms with van der Waals surface area (Å²) < 4.78 is 0. The molecule has 0 saturated carbocycles. The number of hydrogen-bond donors (Lipinski definition) is 4. The Morgan fingerprint density at radius 2 is 1.40 bits per heavy atom. The lowest BCUT2D eigenvalue weighted by atomic mass is 9.97. The van der Waals surface area contributed by atoms with Gasteiger partial charge in [-0.3, -0.25) is 9.59 Å². The van der Waals surface area contributed by atoms with Crippen LogP contribution >= 0.6 is 0 Å². The van der Waals surface area contributed by atoms with E-state index in [9.17, 15) is 24.9 Å². The third kappa shape index (κ3) is 3.67. The first kappa shape index (κ1) is 14.2. The number of hydrogen-bond acceptors (Lipinski definition) is 6. The molecule has 4 atom stereocenters. The lowest BCUT2D eigenvalue weighted by Gasteiger charge is -2.24. The molecule has 0 aliphatic heterocycles. The van der Waals surface area contributed by atoms with Crippen LogP contribution in [0.2, 0.25) is 0 Å². The van der Waals surface area contributed by atoms with Crippen molar-refractivity contribution in [2.45, 2.75) is 44.7 Å². The highest BCUT2D eigenvalue weighted by molar-refractivity contribution is 5.84. The zero-order valence-corrected chi connectivity index (χ0v) is 8.62. The Morgan fingerprint density at radius 1 is 1.00 bits per heavy atom. The monoisotopic (exact) mass is 220 g/mol. The van der Waals surface area contributed by atoms with Crippen LogP contribution in [0.4, 0.5) is 0 Å². The molecule has 0 bridgehead atoms. The molecular weight excluding hydrogens is 204 g/mol. The van der Waals surface area contributed by atoms with Crippen LogP contribution in [0, 0.1) is 0 Å². The molecule has 88 valence electrons. The van der Waals surface area contributed by atoms with Gasteiger partial charge in [0.1, 0.15) is 24.4 Å². The Bertz CT molecular complexity index is 239. The van der Waals surface area contributed by atoms with E-state index >= 15 is 0 Å². The number of rotatable bonds is 6. The predicted molar refractivity (Wildman–Crippen MR) is 50.0 cm³/mol. The average Bonchev–Trinajstić information content (AvgIpc) is 2.23. The molecule has 0 aliphatic carbocycles. The quantitative estimate of drug-likeness (QED) is 0.411. The molecular formula is C9H16O6. The second-order valence-corrected chi connectivity index (χ2v) is 3.30. The predicted octanol–water partition coefficient (Wildman–Crippen LogP) is -2.00. The molecule has 15 heavy (non-hydrogen) atoms. The van der Waals surface area contributed by atoms with Crippen molar-refractivity contribution < 1.29 is 30.0 Å². The van der Waals surface area contributed by atoms with Crippen molar-refractivity contribution in [3.05, 3.63) is 0 Å². The summed E-state index contributed by atoms with van der Waals surface area (Å²) in [4.78, 5) is 21.6. The molecule has 6 nitrogen and oxygen atoms in total. The Kier molecular flexibility index (Phi) is 5.59. The number of carbonyl (C=O) groups is 2. The van der Waals surface area contributed by atoms with Crippen LogP contribution in [0.15, 0.2) is 0 Å². The summed E-state index contributed by atoms with van der Waals surface area (Å²) in [7, 11) is 0.